The summed E-state index contributed by atoms with van der Waals surface area (Å²) < 4.78 is 0. The van der Waals surface area contributed by atoms with Crippen molar-refractivity contribution in [2.75, 3.05) is 13.6 Å². The van der Waals surface area contributed by atoms with Gasteiger partial charge >= 0.3 is 0 Å². The molecule has 1 unspecified atom stereocenters. The van der Waals surface area contributed by atoms with Crippen LogP contribution in [-0.2, 0) is 0 Å². The molecule has 0 rings (SSSR count). The van der Waals surface area contributed by atoms with Crippen LogP contribution in [0.2, 0.25) is 0 Å². The SMILES string of the molecule is CCC(CNC(C)(C)C)NC. The van der Waals surface area contributed by atoms with Gasteiger partial charge in [-0.15, -0.1) is 0 Å². The van der Waals surface area contributed by atoms with Gasteiger partial charge < -0.3 is 10.6 Å². The van der Waals surface area contributed by atoms with Crippen molar-refractivity contribution in [1.29, 1.82) is 0 Å². The van der Waals surface area contributed by atoms with Gasteiger partial charge in [0.05, 0.1) is 0 Å². The lowest BCUT2D eigenvalue weighted by Gasteiger charge is -2.24. The third-order valence-electron chi connectivity index (χ3n) is 1.78. The number of hydrogen-bond acceptors (Lipinski definition) is 2. The van der Waals surface area contributed by atoms with Crippen LogP contribution in [0.4, 0.5) is 0 Å². The van der Waals surface area contributed by atoms with E-state index in [4.69, 9.17) is 0 Å². The lowest BCUT2D eigenvalue weighted by atomic mass is 10.1. The second kappa shape index (κ2) is 4.73. The summed E-state index contributed by atoms with van der Waals surface area (Å²) in [6.45, 7) is 9.82. The van der Waals surface area contributed by atoms with E-state index in [0.717, 1.165) is 6.54 Å². The quantitative estimate of drug-likeness (QED) is 0.646. The summed E-state index contributed by atoms with van der Waals surface area (Å²) >= 11 is 0. The van der Waals surface area contributed by atoms with Gasteiger partial charge in [-0.25, -0.2) is 0 Å². The summed E-state index contributed by atoms with van der Waals surface area (Å²) in [5.41, 5.74) is 0.240. The number of rotatable bonds is 4. The van der Waals surface area contributed by atoms with Gasteiger partial charge in [0.25, 0.3) is 0 Å². The van der Waals surface area contributed by atoms with E-state index in [2.05, 4.69) is 38.3 Å². The van der Waals surface area contributed by atoms with Crippen LogP contribution in [0.5, 0.6) is 0 Å². The Hall–Kier alpha value is -0.0800. The molecule has 0 heterocycles. The smallest absolute Gasteiger partial charge is 0.0187 e. The second-order valence-electron chi connectivity index (χ2n) is 4.02. The topological polar surface area (TPSA) is 24.1 Å². The van der Waals surface area contributed by atoms with Crippen molar-refractivity contribution in [3.8, 4) is 0 Å². The summed E-state index contributed by atoms with van der Waals surface area (Å²) in [4.78, 5) is 0. The molecular formula is C9H22N2. The van der Waals surface area contributed by atoms with E-state index >= 15 is 0 Å². The van der Waals surface area contributed by atoms with Gasteiger partial charge in [0.2, 0.25) is 0 Å². The van der Waals surface area contributed by atoms with Crippen molar-refractivity contribution in [2.45, 2.75) is 45.7 Å². The first kappa shape index (κ1) is 10.9. The first-order chi connectivity index (χ1) is 4.99. The largest absolute Gasteiger partial charge is 0.316 e. The van der Waals surface area contributed by atoms with Gasteiger partial charge in [-0.1, -0.05) is 6.92 Å². The van der Waals surface area contributed by atoms with E-state index < -0.39 is 0 Å². The van der Waals surface area contributed by atoms with Gasteiger partial charge in [0, 0.05) is 18.1 Å². The molecule has 0 radical (unpaired) electrons. The molecule has 0 aromatic rings. The predicted molar refractivity (Wildman–Crippen MR) is 50.9 cm³/mol. The highest BCUT2D eigenvalue weighted by molar-refractivity contribution is 4.74. The van der Waals surface area contributed by atoms with Crippen molar-refractivity contribution in [1.82, 2.24) is 10.6 Å². The molecule has 0 amide bonds. The Morgan fingerprint density at radius 3 is 2.09 bits per heavy atom. The summed E-state index contributed by atoms with van der Waals surface area (Å²) in [6.07, 6.45) is 1.18. The molecule has 11 heavy (non-hydrogen) atoms. The average molecular weight is 158 g/mol. The van der Waals surface area contributed by atoms with E-state index in [1.165, 1.54) is 6.42 Å². The average Bonchev–Trinajstić information content (AvgIpc) is 1.88. The van der Waals surface area contributed by atoms with Gasteiger partial charge in [0.1, 0.15) is 0 Å². The van der Waals surface area contributed by atoms with Crippen molar-refractivity contribution in [3.63, 3.8) is 0 Å². The van der Waals surface area contributed by atoms with Crippen LogP contribution in [0, 0.1) is 0 Å². The highest BCUT2D eigenvalue weighted by Crippen LogP contribution is 1.99. The molecule has 0 aliphatic rings. The fourth-order valence-corrected chi connectivity index (χ4v) is 0.880. The minimum Gasteiger partial charge on any atom is -0.316 e. The Bertz CT molecular complexity index is 90.2. The Labute approximate surface area is 70.8 Å². The first-order valence-electron chi connectivity index (χ1n) is 4.42. The van der Waals surface area contributed by atoms with Crippen LogP contribution >= 0.6 is 0 Å². The highest BCUT2D eigenvalue weighted by atomic mass is 15.0. The molecule has 2 nitrogen and oxygen atoms in total. The zero-order valence-corrected chi connectivity index (χ0v) is 8.49. The van der Waals surface area contributed by atoms with Crippen LogP contribution in [0.1, 0.15) is 34.1 Å². The van der Waals surface area contributed by atoms with E-state index in [0.29, 0.717) is 6.04 Å². The number of nitrogens with one attached hydrogen (secondary N) is 2. The zero-order valence-electron chi connectivity index (χ0n) is 8.49. The summed E-state index contributed by atoms with van der Waals surface area (Å²) in [5, 5.41) is 6.72. The monoisotopic (exact) mass is 158 g/mol. The fourth-order valence-electron chi connectivity index (χ4n) is 0.880. The van der Waals surface area contributed by atoms with Gasteiger partial charge in [-0.05, 0) is 34.2 Å². The van der Waals surface area contributed by atoms with Crippen molar-refractivity contribution in [3.05, 3.63) is 0 Å². The van der Waals surface area contributed by atoms with E-state index in [1.54, 1.807) is 0 Å². The Kier molecular flexibility index (Phi) is 4.69. The summed E-state index contributed by atoms with van der Waals surface area (Å²) in [5.74, 6) is 0. The molecule has 0 bridgehead atoms. The van der Waals surface area contributed by atoms with E-state index in [-0.39, 0.29) is 5.54 Å². The van der Waals surface area contributed by atoms with Crippen LogP contribution in [0.25, 0.3) is 0 Å². The minimum atomic E-state index is 0.240. The molecule has 1 atom stereocenters. The molecule has 0 aliphatic carbocycles. The van der Waals surface area contributed by atoms with Gasteiger partial charge in [-0.3, -0.25) is 0 Å². The minimum absolute atomic E-state index is 0.240. The van der Waals surface area contributed by atoms with Gasteiger partial charge in [-0.2, -0.15) is 0 Å². The maximum absolute atomic E-state index is 3.46. The molecule has 0 aliphatic heterocycles. The molecule has 0 spiro atoms. The second-order valence-corrected chi connectivity index (χ2v) is 4.02. The van der Waals surface area contributed by atoms with Crippen molar-refractivity contribution >= 4 is 0 Å². The maximum Gasteiger partial charge on any atom is 0.0187 e. The lowest BCUT2D eigenvalue weighted by molar-refractivity contribution is 0.383. The predicted octanol–water partition coefficient (Wildman–Crippen LogP) is 1.37. The molecule has 0 fully saturated rings. The molecule has 68 valence electrons. The summed E-state index contributed by atoms with van der Waals surface area (Å²) in [7, 11) is 2.01. The van der Waals surface area contributed by atoms with Gasteiger partial charge in [0.15, 0.2) is 0 Å². The standard InChI is InChI=1S/C9H22N2/c1-6-8(10-5)7-11-9(2,3)4/h8,10-11H,6-7H2,1-5H3. The third kappa shape index (κ3) is 6.32. The third-order valence-corrected chi connectivity index (χ3v) is 1.78. The molecule has 2 heteroatoms. The normalized spacial score (nSPS) is 15.0. The van der Waals surface area contributed by atoms with Crippen LogP contribution in [-0.4, -0.2) is 25.2 Å². The molecule has 0 saturated heterocycles. The lowest BCUT2D eigenvalue weighted by Crippen LogP contribution is -2.44. The Morgan fingerprint density at radius 1 is 1.27 bits per heavy atom. The Balaban J connectivity index is 3.51. The molecule has 0 aromatic carbocycles. The number of likely N-dealkylation sites (N-methyl/N-ethyl adjacent to an activating group) is 1. The maximum atomic E-state index is 3.46. The zero-order chi connectivity index (χ0) is 8.91. The highest BCUT2D eigenvalue weighted by Gasteiger charge is 2.10. The van der Waals surface area contributed by atoms with E-state index in [9.17, 15) is 0 Å². The van der Waals surface area contributed by atoms with E-state index in [1.807, 2.05) is 7.05 Å². The van der Waals surface area contributed by atoms with Crippen LogP contribution in [0.15, 0.2) is 0 Å². The Morgan fingerprint density at radius 2 is 1.82 bits per heavy atom. The van der Waals surface area contributed by atoms with Crippen molar-refractivity contribution in [2.24, 2.45) is 0 Å². The first-order valence-corrected chi connectivity index (χ1v) is 4.42. The molecule has 0 aromatic heterocycles. The summed E-state index contributed by atoms with van der Waals surface area (Å²) in [6, 6.07) is 0.606. The number of hydrogen-bond donors (Lipinski definition) is 2. The van der Waals surface area contributed by atoms with Crippen LogP contribution < -0.4 is 10.6 Å². The fraction of sp³-hybridized carbons (Fsp3) is 1.00. The van der Waals surface area contributed by atoms with Crippen molar-refractivity contribution < 1.29 is 0 Å². The molecule has 2 N–H and O–H groups in total. The molecular weight excluding hydrogens is 136 g/mol. The van der Waals surface area contributed by atoms with Crippen LogP contribution in [0.3, 0.4) is 0 Å². The molecule has 0 saturated carbocycles.